The molecule has 1 fully saturated rings. The Balaban J connectivity index is 1.80. The Morgan fingerprint density at radius 3 is 3.06 bits per heavy atom. The summed E-state index contributed by atoms with van der Waals surface area (Å²) in [4.78, 5) is 0. The fourth-order valence-electron chi connectivity index (χ4n) is 2.07. The second-order valence-corrected chi connectivity index (χ2v) is 4.54. The van der Waals surface area contributed by atoms with Crippen LogP contribution in [0.1, 0.15) is 18.4 Å². The third-order valence-electron chi connectivity index (χ3n) is 3.10. The van der Waals surface area contributed by atoms with Crippen LogP contribution in [0.25, 0.3) is 0 Å². The van der Waals surface area contributed by atoms with Crippen LogP contribution in [0.5, 0.6) is 0 Å². The van der Waals surface area contributed by atoms with Gasteiger partial charge in [0.25, 0.3) is 0 Å². The first kappa shape index (κ1) is 11.3. The summed E-state index contributed by atoms with van der Waals surface area (Å²) >= 11 is 0. The highest BCUT2D eigenvalue weighted by Gasteiger charge is 2.14. The van der Waals surface area contributed by atoms with Crippen molar-refractivity contribution >= 4 is 11.4 Å². The van der Waals surface area contributed by atoms with Crippen LogP contribution in [0.15, 0.2) is 18.2 Å². The normalized spacial score (nSPS) is 19.9. The van der Waals surface area contributed by atoms with Gasteiger partial charge in [-0.25, -0.2) is 0 Å². The van der Waals surface area contributed by atoms with E-state index in [1.807, 2.05) is 6.07 Å². The fraction of sp³-hybridized carbons (Fsp3) is 0.538. The lowest BCUT2D eigenvalue weighted by molar-refractivity contribution is 0.185. The molecule has 1 heterocycles. The predicted octanol–water partition coefficient (Wildman–Crippen LogP) is 2.42. The van der Waals surface area contributed by atoms with Gasteiger partial charge in [-0.2, -0.15) is 0 Å². The molecule has 1 aromatic carbocycles. The van der Waals surface area contributed by atoms with Gasteiger partial charge in [-0.05, 0) is 43.4 Å². The molecule has 3 N–H and O–H groups in total. The number of nitrogens with one attached hydrogen (secondary N) is 1. The Labute approximate surface area is 97.0 Å². The van der Waals surface area contributed by atoms with Crippen LogP contribution in [0.2, 0.25) is 0 Å². The van der Waals surface area contributed by atoms with Crippen LogP contribution in [-0.2, 0) is 4.74 Å². The summed E-state index contributed by atoms with van der Waals surface area (Å²) in [6.07, 6.45) is 2.36. The summed E-state index contributed by atoms with van der Waals surface area (Å²) in [6.45, 7) is 4.87. The smallest absolute Gasteiger partial charge is 0.0574 e. The minimum Gasteiger partial charge on any atom is -0.397 e. The molecule has 1 saturated heterocycles. The third kappa shape index (κ3) is 2.89. The molecule has 2 rings (SSSR count). The predicted molar refractivity (Wildman–Crippen MR) is 67.6 cm³/mol. The van der Waals surface area contributed by atoms with Crippen molar-refractivity contribution < 1.29 is 4.74 Å². The Bertz CT molecular complexity index is 346. The average Bonchev–Trinajstić information content (AvgIpc) is 2.74. The molecule has 0 spiro atoms. The van der Waals surface area contributed by atoms with Crippen molar-refractivity contribution in [3.05, 3.63) is 23.8 Å². The largest absolute Gasteiger partial charge is 0.397 e. The molecule has 1 unspecified atom stereocenters. The monoisotopic (exact) mass is 220 g/mol. The molecule has 1 atom stereocenters. The van der Waals surface area contributed by atoms with E-state index in [1.165, 1.54) is 12.0 Å². The van der Waals surface area contributed by atoms with Gasteiger partial charge in [-0.3, -0.25) is 0 Å². The highest BCUT2D eigenvalue weighted by Crippen LogP contribution is 2.21. The topological polar surface area (TPSA) is 47.3 Å². The summed E-state index contributed by atoms with van der Waals surface area (Å²) < 4.78 is 5.35. The molecule has 0 aromatic heterocycles. The van der Waals surface area contributed by atoms with Crippen LogP contribution >= 0.6 is 0 Å². The van der Waals surface area contributed by atoms with Crippen LogP contribution in [0.3, 0.4) is 0 Å². The number of rotatable bonds is 4. The van der Waals surface area contributed by atoms with E-state index < -0.39 is 0 Å². The third-order valence-corrected chi connectivity index (χ3v) is 3.10. The minimum atomic E-state index is 0.721. The van der Waals surface area contributed by atoms with Crippen molar-refractivity contribution in [2.24, 2.45) is 5.92 Å². The molecule has 0 radical (unpaired) electrons. The Kier molecular flexibility index (Phi) is 3.67. The summed E-state index contributed by atoms with van der Waals surface area (Å²) in [7, 11) is 0. The first-order valence-electron chi connectivity index (χ1n) is 5.93. The fourth-order valence-corrected chi connectivity index (χ4v) is 2.07. The quantitative estimate of drug-likeness (QED) is 0.766. The zero-order chi connectivity index (χ0) is 11.4. The Morgan fingerprint density at radius 2 is 2.38 bits per heavy atom. The molecule has 1 aliphatic rings. The number of benzene rings is 1. The molecular formula is C13H20N2O. The lowest BCUT2D eigenvalue weighted by Gasteiger charge is -2.12. The number of hydrogen-bond donors (Lipinski definition) is 2. The first-order valence-corrected chi connectivity index (χ1v) is 5.93. The summed E-state index contributed by atoms with van der Waals surface area (Å²) in [6, 6.07) is 6.13. The zero-order valence-electron chi connectivity index (χ0n) is 9.83. The highest BCUT2D eigenvalue weighted by atomic mass is 16.5. The van der Waals surface area contributed by atoms with Crippen molar-refractivity contribution in [2.45, 2.75) is 19.8 Å². The van der Waals surface area contributed by atoms with Gasteiger partial charge >= 0.3 is 0 Å². The summed E-state index contributed by atoms with van der Waals surface area (Å²) in [5.41, 5.74) is 9.01. The molecule has 3 heteroatoms. The maximum absolute atomic E-state index is 5.93. The molecule has 0 bridgehead atoms. The molecule has 3 nitrogen and oxygen atoms in total. The van der Waals surface area contributed by atoms with Crippen molar-refractivity contribution in [1.82, 2.24) is 0 Å². The highest BCUT2D eigenvalue weighted by molar-refractivity contribution is 5.66. The first-order chi connectivity index (χ1) is 7.75. The molecule has 0 saturated carbocycles. The van der Waals surface area contributed by atoms with E-state index in [4.69, 9.17) is 10.5 Å². The van der Waals surface area contributed by atoms with Crippen molar-refractivity contribution in [3.63, 3.8) is 0 Å². The van der Waals surface area contributed by atoms with E-state index in [0.717, 1.165) is 43.5 Å². The second kappa shape index (κ2) is 5.21. The van der Waals surface area contributed by atoms with E-state index in [9.17, 15) is 0 Å². The van der Waals surface area contributed by atoms with Crippen LogP contribution < -0.4 is 11.1 Å². The molecule has 0 amide bonds. The number of aryl methyl sites for hydroxylation is 1. The van der Waals surface area contributed by atoms with Crippen molar-refractivity contribution in [3.8, 4) is 0 Å². The summed E-state index contributed by atoms with van der Waals surface area (Å²) in [5.74, 6) is 0.721. The maximum Gasteiger partial charge on any atom is 0.0574 e. The van der Waals surface area contributed by atoms with Crippen molar-refractivity contribution in [2.75, 3.05) is 30.8 Å². The van der Waals surface area contributed by atoms with E-state index in [1.54, 1.807) is 0 Å². The standard InChI is InChI=1S/C13H20N2O/c1-10-2-3-13(12(14)8-10)15-6-4-11-5-7-16-9-11/h2-3,8,11,15H,4-7,9,14H2,1H3. The van der Waals surface area contributed by atoms with Crippen LogP contribution in [0, 0.1) is 12.8 Å². The SMILES string of the molecule is Cc1ccc(NCCC2CCOC2)c(N)c1. The number of ether oxygens (including phenoxy) is 1. The van der Waals surface area contributed by atoms with Gasteiger partial charge in [0.1, 0.15) is 0 Å². The average molecular weight is 220 g/mol. The van der Waals surface area contributed by atoms with Crippen LogP contribution in [-0.4, -0.2) is 19.8 Å². The van der Waals surface area contributed by atoms with E-state index in [0.29, 0.717) is 0 Å². The molecule has 1 aliphatic heterocycles. The Morgan fingerprint density at radius 1 is 1.50 bits per heavy atom. The van der Waals surface area contributed by atoms with E-state index in [2.05, 4.69) is 24.4 Å². The molecule has 88 valence electrons. The zero-order valence-corrected chi connectivity index (χ0v) is 9.83. The Hall–Kier alpha value is -1.22. The van der Waals surface area contributed by atoms with Gasteiger partial charge in [0, 0.05) is 19.8 Å². The van der Waals surface area contributed by atoms with Gasteiger partial charge in [-0.1, -0.05) is 6.07 Å². The molecule has 1 aromatic rings. The molecular weight excluding hydrogens is 200 g/mol. The number of anilines is 2. The lowest BCUT2D eigenvalue weighted by Crippen LogP contribution is -2.10. The number of nitrogens with two attached hydrogens (primary N) is 1. The minimum absolute atomic E-state index is 0.721. The van der Waals surface area contributed by atoms with Crippen LogP contribution in [0.4, 0.5) is 11.4 Å². The van der Waals surface area contributed by atoms with Gasteiger partial charge in [0.05, 0.1) is 11.4 Å². The lowest BCUT2D eigenvalue weighted by atomic mass is 10.1. The van der Waals surface area contributed by atoms with Gasteiger partial charge < -0.3 is 15.8 Å². The molecule has 0 aliphatic carbocycles. The van der Waals surface area contributed by atoms with E-state index in [-0.39, 0.29) is 0 Å². The second-order valence-electron chi connectivity index (χ2n) is 4.54. The number of nitrogen functional groups attached to an aromatic ring is 1. The van der Waals surface area contributed by atoms with Crippen molar-refractivity contribution in [1.29, 1.82) is 0 Å². The van der Waals surface area contributed by atoms with Gasteiger partial charge in [0.2, 0.25) is 0 Å². The van der Waals surface area contributed by atoms with Gasteiger partial charge in [0.15, 0.2) is 0 Å². The maximum atomic E-state index is 5.93. The number of hydrogen-bond acceptors (Lipinski definition) is 3. The summed E-state index contributed by atoms with van der Waals surface area (Å²) in [5, 5.41) is 3.39. The molecule has 16 heavy (non-hydrogen) atoms. The van der Waals surface area contributed by atoms with Gasteiger partial charge in [-0.15, -0.1) is 0 Å². The van der Waals surface area contributed by atoms with E-state index >= 15 is 0 Å².